The standard InChI is InChI=1S/C12H16FNO2S/c1-14-5-3-9-7-11(16-2)12(17(13)15)8-10(9)4-6-14/h7-8H,3-6H2,1-2H3. The summed E-state index contributed by atoms with van der Waals surface area (Å²) in [5.74, 6) is 0.383. The molecule has 0 aliphatic carbocycles. The Morgan fingerprint density at radius 3 is 2.41 bits per heavy atom. The minimum atomic E-state index is -2.49. The van der Waals surface area contributed by atoms with Gasteiger partial charge in [-0.3, -0.25) is 0 Å². The van der Waals surface area contributed by atoms with Crippen LogP contribution in [-0.2, 0) is 24.0 Å². The van der Waals surface area contributed by atoms with E-state index in [9.17, 15) is 8.09 Å². The lowest BCUT2D eigenvalue weighted by molar-refractivity contribution is 0.352. The number of ether oxygens (including phenoxy) is 1. The third-order valence-corrected chi connectivity index (χ3v) is 3.85. The van der Waals surface area contributed by atoms with Crippen molar-refractivity contribution in [3.63, 3.8) is 0 Å². The van der Waals surface area contributed by atoms with Gasteiger partial charge in [-0.25, -0.2) is 4.21 Å². The normalized spacial score (nSPS) is 18.3. The molecule has 17 heavy (non-hydrogen) atoms. The Hall–Kier alpha value is -0.940. The average Bonchev–Trinajstić information content (AvgIpc) is 2.50. The summed E-state index contributed by atoms with van der Waals surface area (Å²) in [7, 11) is 3.54. The number of hydrogen-bond donors (Lipinski definition) is 0. The van der Waals surface area contributed by atoms with Crippen molar-refractivity contribution in [2.45, 2.75) is 17.7 Å². The number of nitrogens with zero attached hydrogens (tertiary/aromatic N) is 1. The fraction of sp³-hybridized carbons (Fsp3) is 0.500. The van der Waals surface area contributed by atoms with Gasteiger partial charge in [-0.2, -0.15) is 0 Å². The molecule has 1 aliphatic rings. The summed E-state index contributed by atoms with van der Waals surface area (Å²) in [5, 5.41) is 0. The first-order valence-electron chi connectivity index (χ1n) is 5.58. The highest BCUT2D eigenvalue weighted by atomic mass is 32.2. The summed E-state index contributed by atoms with van der Waals surface area (Å²) in [6.45, 7) is 1.92. The van der Waals surface area contributed by atoms with E-state index in [0.29, 0.717) is 5.75 Å². The van der Waals surface area contributed by atoms with E-state index < -0.39 is 11.2 Å². The molecule has 1 aromatic rings. The number of fused-ring (bicyclic) bond motifs is 1. The van der Waals surface area contributed by atoms with Gasteiger partial charge in [0.1, 0.15) is 10.6 Å². The molecule has 0 saturated carbocycles. The zero-order valence-electron chi connectivity index (χ0n) is 10.0. The average molecular weight is 257 g/mol. The van der Waals surface area contributed by atoms with Gasteiger partial charge in [0.15, 0.2) is 0 Å². The van der Waals surface area contributed by atoms with Gasteiger partial charge in [0, 0.05) is 13.1 Å². The van der Waals surface area contributed by atoms with Crippen LogP contribution < -0.4 is 4.74 Å². The molecule has 3 nitrogen and oxygen atoms in total. The molecule has 0 N–H and O–H groups in total. The van der Waals surface area contributed by atoms with Crippen LogP contribution in [0.25, 0.3) is 0 Å². The van der Waals surface area contributed by atoms with E-state index in [1.54, 1.807) is 6.07 Å². The minimum Gasteiger partial charge on any atom is -0.495 e. The smallest absolute Gasteiger partial charge is 0.234 e. The van der Waals surface area contributed by atoms with Gasteiger partial charge < -0.3 is 9.64 Å². The van der Waals surface area contributed by atoms with Crippen molar-refractivity contribution in [1.29, 1.82) is 0 Å². The van der Waals surface area contributed by atoms with E-state index in [1.807, 2.05) is 6.07 Å². The van der Waals surface area contributed by atoms with Crippen molar-refractivity contribution in [3.05, 3.63) is 23.3 Å². The van der Waals surface area contributed by atoms with Gasteiger partial charge in [0.25, 0.3) is 0 Å². The highest BCUT2D eigenvalue weighted by molar-refractivity contribution is 7.80. The summed E-state index contributed by atoms with van der Waals surface area (Å²) in [6, 6.07) is 3.50. The maximum Gasteiger partial charge on any atom is 0.234 e. The van der Waals surface area contributed by atoms with Crippen molar-refractivity contribution in [2.75, 3.05) is 27.2 Å². The van der Waals surface area contributed by atoms with Gasteiger partial charge in [-0.1, -0.05) is 0 Å². The quantitative estimate of drug-likeness (QED) is 0.756. The van der Waals surface area contributed by atoms with Crippen molar-refractivity contribution < 1.29 is 12.8 Å². The van der Waals surface area contributed by atoms with Crippen LogP contribution in [0.2, 0.25) is 0 Å². The lowest BCUT2D eigenvalue weighted by Crippen LogP contribution is -2.20. The van der Waals surface area contributed by atoms with Gasteiger partial charge in [-0.15, -0.1) is 3.89 Å². The first-order valence-corrected chi connectivity index (χ1v) is 6.63. The van der Waals surface area contributed by atoms with Crippen molar-refractivity contribution >= 4 is 11.2 Å². The second-order valence-electron chi connectivity index (χ2n) is 4.30. The zero-order chi connectivity index (χ0) is 12.4. The van der Waals surface area contributed by atoms with Crippen molar-refractivity contribution in [2.24, 2.45) is 0 Å². The summed E-state index contributed by atoms with van der Waals surface area (Å²) in [5.41, 5.74) is 2.25. The number of rotatable bonds is 2. The van der Waals surface area contributed by atoms with E-state index in [0.717, 1.165) is 31.5 Å². The van der Waals surface area contributed by atoms with E-state index in [-0.39, 0.29) is 4.90 Å². The highest BCUT2D eigenvalue weighted by Crippen LogP contribution is 2.29. The molecule has 1 unspecified atom stereocenters. The van der Waals surface area contributed by atoms with E-state index in [1.165, 1.54) is 12.7 Å². The lowest BCUT2D eigenvalue weighted by Gasteiger charge is -2.10. The van der Waals surface area contributed by atoms with Gasteiger partial charge in [0.2, 0.25) is 11.2 Å². The first kappa shape index (κ1) is 12.5. The number of halogens is 1. The number of benzene rings is 1. The van der Waals surface area contributed by atoms with Crippen LogP contribution in [0.15, 0.2) is 17.0 Å². The summed E-state index contributed by atoms with van der Waals surface area (Å²) < 4.78 is 29.1. The summed E-state index contributed by atoms with van der Waals surface area (Å²) in [4.78, 5) is 2.38. The maximum atomic E-state index is 13.0. The van der Waals surface area contributed by atoms with E-state index in [4.69, 9.17) is 4.74 Å². The Labute approximate surface area is 103 Å². The molecule has 94 valence electrons. The van der Waals surface area contributed by atoms with Crippen LogP contribution in [0.5, 0.6) is 5.75 Å². The summed E-state index contributed by atoms with van der Waals surface area (Å²) in [6.07, 6.45) is 1.78. The molecule has 0 aromatic heterocycles. The van der Waals surface area contributed by atoms with E-state index >= 15 is 0 Å². The third kappa shape index (κ3) is 2.66. The van der Waals surface area contributed by atoms with Gasteiger partial charge in [0.05, 0.1) is 7.11 Å². The predicted molar refractivity (Wildman–Crippen MR) is 65.4 cm³/mol. The molecule has 0 saturated heterocycles. The van der Waals surface area contributed by atoms with Crippen LogP contribution in [-0.4, -0.2) is 36.4 Å². The van der Waals surface area contributed by atoms with E-state index in [2.05, 4.69) is 11.9 Å². The van der Waals surface area contributed by atoms with Crippen molar-refractivity contribution in [1.82, 2.24) is 4.90 Å². The maximum absolute atomic E-state index is 13.0. The van der Waals surface area contributed by atoms with Gasteiger partial charge >= 0.3 is 0 Å². The SMILES string of the molecule is COc1cc2c(cc1S(=O)F)CCN(C)CC2. The molecule has 1 atom stereocenters. The summed E-state index contributed by atoms with van der Waals surface area (Å²) >= 11 is -2.49. The largest absolute Gasteiger partial charge is 0.495 e. The Morgan fingerprint density at radius 2 is 1.88 bits per heavy atom. The topological polar surface area (TPSA) is 29.5 Å². The predicted octanol–water partition coefficient (Wildman–Crippen LogP) is 1.72. The van der Waals surface area contributed by atoms with Crippen LogP contribution >= 0.6 is 0 Å². The van der Waals surface area contributed by atoms with Crippen LogP contribution in [0.1, 0.15) is 11.1 Å². The second-order valence-corrected chi connectivity index (χ2v) is 5.19. The number of hydrogen-bond acceptors (Lipinski definition) is 3. The molecule has 1 aromatic carbocycles. The molecular formula is C12H16FNO2S. The molecule has 2 rings (SSSR count). The Balaban J connectivity index is 2.44. The van der Waals surface area contributed by atoms with Crippen LogP contribution in [0.4, 0.5) is 3.89 Å². The van der Waals surface area contributed by atoms with Gasteiger partial charge in [-0.05, 0) is 43.1 Å². The Bertz CT molecular complexity index is 450. The molecular weight excluding hydrogens is 241 g/mol. The fourth-order valence-corrected chi connectivity index (χ4v) is 2.66. The van der Waals surface area contributed by atoms with Crippen molar-refractivity contribution in [3.8, 4) is 5.75 Å². The molecule has 5 heteroatoms. The molecule has 0 amide bonds. The number of likely N-dealkylation sites (N-methyl/N-ethyl adjacent to an activating group) is 1. The van der Waals surface area contributed by atoms with Crippen LogP contribution in [0, 0.1) is 0 Å². The molecule has 1 aliphatic heterocycles. The monoisotopic (exact) mass is 257 g/mol. The Morgan fingerprint density at radius 1 is 1.29 bits per heavy atom. The highest BCUT2D eigenvalue weighted by Gasteiger charge is 2.17. The molecule has 0 radical (unpaired) electrons. The molecule has 1 heterocycles. The lowest BCUT2D eigenvalue weighted by atomic mass is 10.0. The first-order chi connectivity index (χ1) is 8.11. The molecule has 0 bridgehead atoms. The molecule has 0 spiro atoms. The molecule has 0 fully saturated rings. The zero-order valence-corrected chi connectivity index (χ0v) is 10.8. The fourth-order valence-electron chi connectivity index (χ4n) is 2.13. The second kappa shape index (κ2) is 5.14. The number of methoxy groups -OCH3 is 1. The minimum absolute atomic E-state index is 0.149. The van der Waals surface area contributed by atoms with Crippen LogP contribution in [0.3, 0.4) is 0 Å². The Kier molecular flexibility index (Phi) is 3.79. The third-order valence-electron chi connectivity index (χ3n) is 3.18.